The standard InChI is InChI=1S/C12H22O5S2/c1-8(2)11(12(13)14)18(15)9-5-4-6-10(7-9)19(3,16)17/h8-11H,4-7H2,1-3H3,(H,13,14). The minimum absolute atomic E-state index is 0.225. The van der Waals surface area contributed by atoms with Crippen LogP contribution in [0.5, 0.6) is 0 Å². The van der Waals surface area contributed by atoms with Gasteiger partial charge in [-0.25, -0.2) is 8.42 Å². The zero-order chi connectivity index (χ0) is 14.8. The van der Waals surface area contributed by atoms with Crippen molar-refractivity contribution in [3.63, 3.8) is 0 Å². The van der Waals surface area contributed by atoms with E-state index in [0.29, 0.717) is 25.7 Å². The monoisotopic (exact) mass is 310 g/mol. The van der Waals surface area contributed by atoms with E-state index in [9.17, 15) is 17.4 Å². The Labute approximate surface area is 117 Å². The minimum Gasteiger partial charge on any atom is -0.480 e. The maximum absolute atomic E-state index is 12.4. The van der Waals surface area contributed by atoms with Gasteiger partial charge in [0.05, 0.1) is 5.25 Å². The highest BCUT2D eigenvalue weighted by Gasteiger charge is 2.38. The van der Waals surface area contributed by atoms with E-state index in [1.807, 2.05) is 0 Å². The molecule has 0 aromatic rings. The summed E-state index contributed by atoms with van der Waals surface area (Å²) < 4.78 is 35.5. The lowest BCUT2D eigenvalue weighted by Crippen LogP contribution is -2.40. The van der Waals surface area contributed by atoms with Crippen LogP contribution in [0.15, 0.2) is 0 Å². The third kappa shape index (κ3) is 4.27. The van der Waals surface area contributed by atoms with E-state index in [2.05, 4.69) is 0 Å². The summed E-state index contributed by atoms with van der Waals surface area (Å²) >= 11 is 0. The minimum atomic E-state index is -3.14. The normalized spacial score (nSPS) is 28.0. The molecule has 1 aliphatic carbocycles. The number of carbonyl (C=O) groups is 1. The van der Waals surface area contributed by atoms with Gasteiger partial charge in [-0.05, 0) is 25.2 Å². The molecule has 0 aromatic carbocycles. The number of rotatable bonds is 5. The second-order valence-corrected chi connectivity index (χ2v) is 9.73. The van der Waals surface area contributed by atoms with Crippen molar-refractivity contribution in [3.8, 4) is 0 Å². The second-order valence-electron chi connectivity index (χ2n) is 5.57. The Morgan fingerprint density at radius 2 is 1.89 bits per heavy atom. The summed E-state index contributed by atoms with van der Waals surface area (Å²) in [5, 5.41) is 7.45. The van der Waals surface area contributed by atoms with Crippen molar-refractivity contribution in [2.24, 2.45) is 5.92 Å². The first kappa shape index (κ1) is 16.6. The van der Waals surface area contributed by atoms with Gasteiger partial charge in [0.1, 0.15) is 15.1 Å². The van der Waals surface area contributed by atoms with Gasteiger partial charge in [0.25, 0.3) is 0 Å². The third-order valence-electron chi connectivity index (χ3n) is 3.61. The van der Waals surface area contributed by atoms with Gasteiger partial charge in [-0.2, -0.15) is 0 Å². The molecule has 0 bridgehead atoms. The fourth-order valence-corrected chi connectivity index (χ4v) is 5.83. The van der Waals surface area contributed by atoms with Crippen molar-refractivity contribution in [1.29, 1.82) is 0 Å². The van der Waals surface area contributed by atoms with Crippen LogP contribution in [0.4, 0.5) is 0 Å². The average Bonchev–Trinajstić information content (AvgIpc) is 2.27. The summed E-state index contributed by atoms with van der Waals surface area (Å²) in [6, 6.07) is 0. The fourth-order valence-electron chi connectivity index (χ4n) is 2.56. The first-order chi connectivity index (χ1) is 8.64. The Bertz CT molecular complexity index is 455. The molecule has 0 aromatic heterocycles. The molecule has 1 N–H and O–H groups in total. The summed E-state index contributed by atoms with van der Waals surface area (Å²) in [7, 11) is -4.66. The Balaban J connectivity index is 2.85. The molecule has 4 unspecified atom stereocenters. The van der Waals surface area contributed by atoms with Crippen LogP contribution in [0.1, 0.15) is 39.5 Å². The van der Waals surface area contributed by atoms with E-state index >= 15 is 0 Å². The first-order valence-electron chi connectivity index (χ1n) is 6.45. The molecule has 0 amide bonds. The van der Waals surface area contributed by atoms with Gasteiger partial charge in [0.2, 0.25) is 0 Å². The Kier molecular flexibility index (Phi) is 5.55. The number of aliphatic carboxylic acids is 1. The van der Waals surface area contributed by atoms with E-state index < -0.39 is 37.1 Å². The molecule has 1 fully saturated rings. The third-order valence-corrected chi connectivity index (χ3v) is 7.58. The fraction of sp³-hybridized carbons (Fsp3) is 0.917. The van der Waals surface area contributed by atoms with E-state index in [1.165, 1.54) is 6.26 Å². The summed E-state index contributed by atoms with van der Waals surface area (Å²) in [6.07, 6.45) is 3.45. The lowest BCUT2D eigenvalue weighted by molar-refractivity contribution is -0.137. The predicted molar refractivity (Wildman–Crippen MR) is 75.3 cm³/mol. The summed E-state index contributed by atoms with van der Waals surface area (Å²) in [5.41, 5.74) is 0. The highest BCUT2D eigenvalue weighted by atomic mass is 32.2. The number of hydrogen-bond donors (Lipinski definition) is 1. The van der Waals surface area contributed by atoms with Gasteiger partial charge in [-0.3, -0.25) is 9.00 Å². The molecule has 5 nitrogen and oxygen atoms in total. The van der Waals surface area contributed by atoms with Crippen LogP contribution >= 0.6 is 0 Å². The number of carboxylic acid groups (broad SMARTS) is 1. The molecule has 0 heterocycles. The molecule has 0 saturated heterocycles. The first-order valence-corrected chi connectivity index (χ1v) is 9.68. The lowest BCUT2D eigenvalue weighted by atomic mass is 10.00. The van der Waals surface area contributed by atoms with Crippen molar-refractivity contribution in [2.45, 2.75) is 55.3 Å². The van der Waals surface area contributed by atoms with E-state index in [1.54, 1.807) is 13.8 Å². The maximum atomic E-state index is 12.4. The molecule has 0 aliphatic heterocycles. The van der Waals surface area contributed by atoms with Crippen LogP contribution in [-0.4, -0.2) is 45.7 Å². The van der Waals surface area contributed by atoms with Crippen molar-refractivity contribution in [2.75, 3.05) is 6.26 Å². The molecule has 7 heteroatoms. The molecular formula is C12H22O5S2. The topological polar surface area (TPSA) is 88.5 Å². The van der Waals surface area contributed by atoms with Gasteiger partial charge >= 0.3 is 5.97 Å². The van der Waals surface area contributed by atoms with Crippen LogP contribution in [0.2, 0.25) is 0 Å². The predicted octanol–water partition coefficient (Wildman–Crippen LogP) is 1.20. The highest BCUT2D eigenvalue weighted by molar-refractivity contribution is 7.91. The molecular weight excluding hydrogens is 288 g/mol. The van der Waals surface area contributed by atoms with Crippen LogP contribution in [0, 0.1) is 5.92 Å². The van der Waals surface area contributed by atoms with Crippen molar-refractivity contribution >= 4 is 26.6 Å². The van der Waals surface area contributed by atoms with E-state index in [4.69, 9.17) is 5.11 Å². The summed E-state index contributed by atoms with van der Waals surface area (Å²) in [6.45, 7) is 3.46. The van der Waals surface area contributed by atoms with Gasteiger partial charge in [-0.15, -0.1) is 0 Å². The average molecular weight is 310 g/mol. The highest BCUT2D eigenvalue weighted by Crippen LogP contribution is 2.29. The van der Waals surface area contributed by atoms with Crippen molar-refractivity contribution in [3.05, 3.63) is 0 Å². The molecule has 112 valence electrons. The van der Waals surface area contributed by atoms with Gasteiger partial charge < -0.3 is 5.11 Å². The van der Waals surface area contributed by atoms with Crippen LogP contribution in [0.25, 0.3) is 0 Å². The lowest BCUT2D eigenvalue weighted by Gasteiger charge is -2.30. The number of sulfone groups is 1. The van der Waals surface area contributed by atoms with E-state index in [0.717, 1.165) is 0 Å². The van der Waals surface area contributed by atoms with Crippen LogP contribution in [-0.2, 0) is 25.4 Å². The molecule has 19 heavy (non-hydrogen) atoms. The molecule has 1 aliphatic rings. The summed E-state index contributed by atoms with van der Waals surface area (Å²) in [4.78, 5) is 11.2. The molecule has 1 rings (SSSR count). The largest absolute Gasteiger partial charge is 0.480 e. The molecule has 0 spiro atoms. The molecule has 1 saturated carbocycles. The number of hydrogen-bond acceptors (Lipinski definition) is 4. The number of carboxylic acids is 1. The van der Waals surface area contributed by atoms with Gasteiger partial charge in [0, 0.05) is 22.3 Å². The molecule has 0 radical (unpaired) electrons. The smallest absolute Gasteiger partial charge is 0.319 e. The quantitative estimate of drug-likeness (QED) is 0.824. The zero-order valence-corrected chi connectivity index (χ0v) is 13.2. The van der Waals surface area contributed by atoms with E-state index in [-0.39, 0.29) is 11.2 Å². The van der Waals surface area contributed by atoms with Crippen LogP contribution < -0.4 is 0 Å². The summed E-state index contributed by atoms with van der Waals surface area (Å²) in [5.74, 6) is -1.29. The van der Waals surface area contributed by atoms with Crippen molar-refractivity contribution in [1.82, 2.24) is 0 Å². The van der Waals surface area contributed by atoms with Gasteiger partial charge in [-0.1, -0.05) is 20.3 Å². The second kappa shape index (κ2) is 6.35. The van der Waals surface area contributed by atoms with Crippen molar-refractivity contribution < 1.29 is 22.5 Å². The van der Waals surface area contributed by atoms with Crippen LogP contribution in [0.3, 0.4) is 0 Å². The SMILES string of the molecule is CC(C)C(C(=O)O)S(=O)C1CCCC(S(C)(=O)=O)C1. The Morgan fingerprint density at radius 1 is 1.32 bits per heavy atom. The molecule has 4 atom stereocenters. The Morgan fingerprint density at radius 3 is 2.32 bits per heavy atom. The Hall–Kier alpha value is -0.430. The zero-order valence-electron chi connectivity index (χ0n) is 11.5. The van der Waals surface area contributed by atoms with Gasteiger partial charge in [0.15, 0.2) is 0 Å². The maximum Gasteiger partial charge on any atom is 0.319 e.